The van der Waals surface area contributed by atoms with Crippen LogP contribution in [0, 0.1) is 24.2 Å². The molecule has 0 aliphatic heterocycles. The maximum Gasteiger partial charge on any atom is 0.303 e. The fourth-order valence-electron chi connectivity index (χ4n) is 5.96. The van der Waals surface area contributed by atoms with E-state index >= 15 is 0 Å². The number of carbonyl (C=O) groups excluding carboxylic acids is 7. The summed E-state index contributed by atoms with van der Waals surface area (Å²) in [7, 11) is 0. The lowest BCUT2D eigenvalue weighted by Crippen LogP contribution is -2.65. The number of amides is 6. The summed E-state index contributed by atoms with van der Waals surface area (Å²) in [6.07, 6.45) is 2.00. The molecule has 0 aromatic heterocycles. The van der Waals surface area contributed by atoms with E-state index in [1.807, 2.05) is 20.8 Å². The molecule has 56 heavy (non-hydrogen) atoms. The maximum atomic E-state index is 14.6. The number of hydrogen-bond donors (Lipinski definition) is 8. The summed E-state index contributed by atoms with van der Waals surface area (Å²) in [5.74, 6) is -6.26. The molecule has 0 aliphatic carbocycles. The summed E-state index contributed by atoms with van der Waals surface area (Å²) in [4.78, 5) is 104. The van der Waals surface area contributed by atoms with Crippen molar-refractivity contribution in [1.82, 2.24) is 31.9 Å². The molecule has 0 saturated carbocycles. The van der Waals surface area contributed by atoms with E-state index in [9.17, 15) is 43.5 Å². The van der Waals surface area contributed by atoms with Crippen LogP contribution in [-0.2, 0) is 43.9 Å². The molecule has 1 rings (SSSR count). The number of aldehydes is 1. The number of aliphatic hydroxyl groups is 1. The average Bonchev–Trinajstić information content (AvgIpc) is 3.10. The van der Waals surface area contributed by atoms with Gasteiger partial charge in [-0.2, -0.15) is 0 Å². The maximum absolute atomic E-state index is 14.6. The van der Waals surface area contributed by atoms with Gasteiger partial charge in [-0.1, -0.05) is 92.5 Å². The van der Waals surface area contributed by atoms with E-state index in [2.05, 4.69) is 31.9 Å². The van der Waals surface area contributed by atoms with Crippen molar-refractivity contribution in [2.45, 2.75) is 144 Å². The van der Waals surface area contributed by atoms with Gasteiger partial charge in [-0.25, -0.2) is 0 Å². The fraction of sp³-hybridized carbons (Fsp3) is 0.650. The van der Waals surface area contributed by atoms with Crippen molar-refractivity contribution in [3.8, 4) is 0 Å². The van der Waals surface area contributed by atoms with Gasteiger partial charge in [0.15, 0.2) is 0 Å². The third-order valence-electron chi connectivity index (χ3n) is 9.26. The molecule has 0 radical (unpaired) electrons. The number of rotatable bonds is 23. The number of aliphatic hydroxyl groups excluding tert-OH is 1. The predicted octanol–water partition coefficient (Wildman–Crippen LogP) is 1.74. The van der Waals surface area contributed by atoms with Gasteiger partial charge in [-0.3, -0.25) is 33.6 Å². The third kappa shape index (κ3) is 15.3. The molecular weight excluding hydrogens is 724 g/mol. The fourth-order valence-corrected chi connectivity index (χ4v) is 5.96. The van der Waals surface area contributed by atoms with Crippen LogP contribution in [0.4, 0.5) is 0 Å². The molecular formula is C40H64N6O10. The van der Waals surface area contributed by atoms with Crippen LogP contribution in [0.15, 0.2) is 24.3 Å². The van der Waals surface area contributed by atoms with Gasteiger partial charge < -0.3 is 46.9 Å². The topological polar surface area (TPSA) is 249 Å². The van der Waals surface area contributed by atoms with Crippen LogP contribution in [0.2, 0.25) is 0 Å². The van der Waals surface area contributed by atoms with Gasteiger partial charge in [-0.15, -0.1) is 0 Å². The Bertz CT molecular complexity index is 1540. The van der Waals surface area contributed by atoms with E-state index in [0.717, 1.165) is 12.8 Å². The normalized spacial score (nSPS) is 15.2. The highest BCUT2D eigenvalue weighted by molar-refractivity contribution is 5.99. The number of carbonyl (C=O) groups is 8. The van der Waals surface area contributed by atoms with E-state index in [4.69, 9.17) is 5.11 Å². The zero-order chi connectivity index (χ0) is 43.0. The molecule has 16 nitrogen and oxygen atoms in total. The summed E-state index contributed by atoms with van der Waals surface area (Å²) in [5.41, 5.74) is -1.74. The molecule has 1 aromatic rings. The average molecular weight is 789 g/mol. The Balaban J connectivity index is 3.51. The zero-order valence-electron chi connectivity index (χ0n) is 34.5. The van der Waals surface area contributed by atoms with Crippen LogP contribution >= 0.6 is 0 Å². The van der Waals surface area contributed by atoms with Crippen molar-refractivity contribution >= 4 is 47.7 Å². The van der Waals surface area contributed by atoms with Crippen molar-refractivity contribution in [1.29, 1.82) is 0 Å². The number of hydrogen-bond acceptors (Lipinski definition) is 9. The summed E-state index contributed by atoms with van der Waals surface area (Å²) < 4.78 is 0. The highest BCUT2D eigenvalue weighted by Gasteiger charge is 2.44. The van der Waals surface area contributed by atoms with Crippen LogP contribution in [0.5, 0.6) is 0 Å². The molecule has 0 aliphatic rings. The molecule has 0 saturated heterocycles. The first-order chi connectivity index (χ1) is 26.0. The minimum Gasteiger partial charge on any atom is -0.481 e. The number of aryl methyl sites for hydroxylation is 1. The van der Waals surface area contributed by atoms with Gasteiger partial charge in [0.1, 0.15) is 36.0 Å². The number of nitrogens with one attached hydrogen (secondary N) is 6. The monoisotopic (exact) mass is 788 g/mol. The molecule has 0 heterocycles. The van der Waals surface area contributed by atoms with Crippen molar-refractivity contribution in [2.24, 2.45) is 17.3 Å². The van der Waals surface area contributed by atoms with E-state index in [1.54, 1.807) is 65.8 Å². The highest BCUT2D eigenvalue weighted by atomic mass is 16.4. The van der Waals surface area contributed by atoms with E-state index < -0.39 is 108 Å². The Kier molecular flexibility index (Phi) is 19.9. The second-order valence-electron chi connectivity index (χ2n) is 16.2. The molecule has 1 aromatic carbocycles. The molecule has 314 valence electrons. The van der Waals surface area contributed by atoms with Crippen molar-refractivity contribution < 1.29 is 48.6 Å². The Hall–Kier alpha value is -4.86. The molecule has 8 N–H and O–H groups in total. The molecule has 0 bridgehead atoms. The number of aliphatic carboxylic acids is 1. The first-order valence-electron chi connectivity index (χ1n) is 19.2. The molecule has 2 unspecified atom stereocenters. The predicted molar refractivity (Wildman–Crippen MR) is 210 cm³/mol. The quantitative estimate of drug-likeness (QED) is 0.0747. The van der Waals surface area contributed by atoms with E-state index in [-0.39, 0.29) is 12.3 Å². The molecule has 6 amide bonds. The van der Waals surface area contributed by atoms with Crippen LogP contribution in [0.1, 0.15) is 112 Å². The standard InChI is InChI=1S/C40H64N6O10/c1-11-12-16-26(21-47)41-34(52)28(20-23(2)3)43-37(55)33(39(7,8)9)45-38(56)40(10,27-17-14-13-15-25(27)6)46-36(54)32(24(4)5)44-35(53)29(22-48)42-30(49)18-19-31(50)51/h13-15,17,21,23-24,26,28-29,32-33,48H,11-12,16,18-20,22H2,1-10H3,(H,41,52)(H,42,49)(H,43,55)(H,44,53)(H,45,56)(H,46,54)(H,50,51)/t26?,28-,29-,32+,33+,40?/m0/s1. The van der Waals surface area contributed by atoms with Gasteiger partial charge in [0.25, 0.3) is 5.91 Å². The second kappa shape index (κ2) is 22.6. The van der Waals surface area contributed by atoms with Gasteiger partial charge in [0.05, 0.1) is 19.1 Å². The number of unbranched alkanes of at least 4 members (excludes halogenated alkanes) is 1. The Morgan fingerprint density at radius 1 is 0.786 bits per heavy atom. The van der Waals surface area contributed by atoms with E-state index in [0.29, 0.717) is 23.8 Å². The smallest absolute Gasteiger partial charge is 0.303 e. The number of carboxylic acid groups (broad SMARTS) is 1. The van der Waals surface area contributed by atoms with Crippen molar-refractivity contribution in [3.63, 3.8) is 0 Å². The van der Waals surface area contributed by atoms with Gasteiger partial charge in [0.2, 0.25) is 29.5 Å². The van der Waals surface area contributed by atoms with Crippen molar-refractivity contribution in [2.75, 3.05) is 6.61 Å². The number of benzene rings is 1. The SMILES string of the molecule is CCCCC(C=O)NC(=O)[C@H](CC(C)C)NC(=O)[C@@H](NC(=O)C(C)(NC(=O)[C@H](NC(=O)[C@H](CO)NC(=O)CCC(=O)O)C(C)C)c1ccccc1C)C(C)(C)C. The Labute approximate surface area is 330 Å². The zero-order valence-corrected chi connectivity index (χ0v) is 34.5. The summed E-state index contributed by atoms with van der Waals surface area (Å²) in [6, 6.07) is 1.06. The largest absolute Gasteiger partial charge is 0.481 e. The lowest BCUT2D eigenvalue weighted by atomic mass is 9.83. The van der Waals surface area contributed by atoms with Gasteiger partial charge in [-0.05, 0) is 55.1 Å². The highest BCUT2D eigenvalue weighted by Crippen LogP contribution is 2.28. The van der Waals surface area contributed by atoms with Gasteiger partial charge >= 0.3 is 5.97 Å². The Morgan fingerprint density at radius 3 is 1.89 bits per heavy atom. The van der Waals surface area contributed by atoms with E-state index in [1.165, 1.54) is 6.92 Å². The molecule has 0 spiro atoms. The molecule has 0 fully saturated rings. The third-order valence-corrected chi connectivity index (χ3v) is 9.26. The summed E-state index contributed by atoms with van der Waals surface area (Å²) in [5, 5.41) is 34.6. The second-order valence-corrected chi connectivity index (χ2v) is 16.2. The lowest BCUT2D eigenvalue weighted by Gasteiger charge is -2.38. The van der Waals surface area contributed by atoms with Crippen LogP contribution in [0.25, 0.3) is 0 Å². The van der Waals surface area contributed by atoms with Crippen LogP contribution in [0.3, 0.4) is 0 Å². The summed E-state index contributed by atoms with van der Waals surface area (Å²) >= 11 is 0. The Morgan fingerprint density at radius 2 is 1.39 bits per heavy atom. The minimum absolute atomic E-state index is 0.0196. The van der Waals surface area contributed by atoms with Crippen LogP contribution < -0.4 is 31.9 Å². The van der Waals surface area contributed by atoms with Gasteiger partial charge in [0, 0.05) is 6.42 Å². The first-order valence-corrected chi connectivity index (χ1v) is 19.2. The van der Waals surface area contributed by atoms with Crippen LogP contribution in [-0.4, -0.2) is 94.7 Å². The number of carboxylic acids is 1. The molecule has 16 heteroatoms. The lowest BCUT2D eigenvalue weighted by molar-refractivity contribution is -0.140. The molecule has 6 atom stereocenters. The minimum atomic E-state index is -1.84. The summed E-state index contributed by atoms with van der Waals surface area (Å²) in [6.45, 7) is 16.6. The first kappa shape index (κ1) is 49.2. The van der Waals surface area contributed by atoms with Crippen molar-refractivity contribution in [3.05, 3.63) is 35.4 Å².